The van der Waals surface area contributed by atoms with Crippen LogP contribution in [-0.4, -0.2) is 34.5 Å². The molecule has 3 heterocycles. The molecule has 0 radical (unpaired) electrons. The summed E-state index contributed by atoms with van der Waals surface area (Å²) < 4.78 is 11.2. The van der Waals surface area contributed by atoms with E-state index in [4.69, 9.17) is 8.83 Å². The van der Waals surface area contributed by atoms with Gasteiger partial charge in [-0.3, -0.25) is 4.90 Å². The van der Waals surface area contributed by atoms with Crippen molar-refractivity contribution in [3.63, 3.8) is 0 Å². The summed E-state index contributed by atoms with van der Waals surface area (Å²) in [6.07, 6.45) is 3.05. The molecule has 1 atom stereocenters. The molecule has 1 aliphatic heterocycles. The molecule has 1 fully saturated rings. The Morgan fingerprint density at radius 3 is 2.95 bits per heavy atom. The summed E-state index contributed by atoms with van der Waals surface area (Å²) in [5.74, 6) is 2.80. The van der Waals surface area contributed by atoms with Gasteiger partial charge in [0.15, 0.2) is 0 Å². The number of carbonyl (C=O) groups is 1. The first kappa shape index (κ1) is 14.0. The van der Waals surface area contributed by atoms with Crippen molar-refractivity contribution in [3.05, 3.63) is 23.5 Å². The number of piperidine rings is 1. The van der Waals surface area contributed by atoms with E-state index in [0.717, 1.165) is 49.3 Å². The van der Waals surface area contributed by atoms with E-state index in [1.54, 1.807) is 0 Å². The quantitative estimate of drug-likeness (QED) is 0.804. The minimum Gasteiger partial charge on any atom is -0.466 e. The second-order valence-electron chi connectivity index (χ2n) is 5.60. The Morgan fingerprint density at radius 2 is 2.24 bits per heavy atom. The van der Waals surface area contributed by atoms with Crippen molar-refractivity contribution in [3.8, 4) is 11.5 Å². The summed E-state index contributed by atoms with van der Waals surface area (Å²) in [4.78, 5) is 13.1. The molecule has 1 unspecified atom stereocenters. The number of likely N-dealkylation sites (tertiary alicyclic amines) is 1. The summed E-state index contributed by atoms with van der Waals surface area (Å²) in [6.45, 7) is 6.09. The maximum absolute atomic E-state index is 10.9. The molecule has 1 aliphatic rings. The molecule has 1 saturated heterocycles. The number of carbonyl (C=O) groups excluding carboxylic acids is 1. The zero-order chi connectivity index (χ0) is 14.8. The normalized spacial score (nSPS) is 19.8. The number of hydrogen-bond acceptors (Lipinski definition) is 6. The predicted molar refractivity (Wildman–Crippen MR) is 75.5 cm³/mol. The summed E-state index contributed by atoms with van der Waals surface area (Å²) >= 11 is 0. The lowest BCUT2D eigenvalue weighted by Gasteiger charge is -2.28. The first-order valence-corrected chi connectivity index (χ1v) is 7.23. The van der Waals surface area contributed by atoms with Gasteiger partial charge in [-0.15, -0.1) is 10.2 Å². The molecule has 112 valence electrons. The van der Waals surface area contributed by atoms with Crippen molar-refractivity contribution < 1.29 is 13.6 Å². The highest BCUT2D eigenvalue weighted by molar-refractivity contribution is 5.55. The first-order chi connectivity index (χ1) is 10.2. The fraction of sp³-hybridized carbons (Fsp3) is 0.533. The number of aromatic nitrogens is 2. The number of aldehydes is 1. The molecular weight excluding hydrogens is 270 g/mol. The predicted octanol–water partition coefficient (Wildman–Crippen LogP) is 2.36. The topological polar surface area (TPSA) is 72.4 Å². The SMILES string of the molecule is Cc1cc(-c2nnc(CN3CCCC(C=O)C3)o2)c(C)o1. The molecule has 6 heteroatoms. The van der Waals surface area contributed by atoms with E-state index in [2.05, 4.69) is 15.1 Å². The minimum atomic E-state index is 0.125. The van der Waals surface area contributed by atoms with Crippen molar-refractivity contribution in [1.82, 2.24) is 15.1 Å². The molecule has 0 N–H and O–H groups in total. The van der Waals surface area contributed by atoms with Gasteiger partial charge in [-0.2, -0.15) is 0 Å². The second-order valence-corrected chi connectivity index (χ2v) is 5.60. The van der Waals surface area contributed by atoms with Gasteiger partial charge >= 0.3 is 0 Å². The largest absolute Gasteiger partial charge is 0.466 e. The standard InChI is InChI=1S/C15H19N3O3/c1-10-6-13(11(2)20-10)15-17-16-14(21-15)8-18-5-3-4-12(7-18)9-19/h6,9,12H,3-5,7-8H2,1-2H3. The van der Waals surface area contributed by atoms with Crippen LogP contribution < -0.4 is 0 Å². The Kier molecular flexibility index (Phi) is 3.88. The number of furan rings is 1. The fourth-order valence-electron chi connectivity index (χ4n) is 2.81. The van der Waals surface area contributed by atoms with Gasteiger partial charge in [0.05, 0.1) is 12.1 Å². The van der Waals surface area contributed by atoms with Crippen LogP contribution in [0.15, 0.2) is 14.9 Å². The van der Waals surface area contributed by atoms with E-state index < -0.39 is 0 Å². The van der Waals surface area contributed by atoms with E-state index in [1.807, 2.05) is 19.9 Å². The van der Waals surface area contributed by atoms with Gasteiger partial charge < -0.3 is 13.6 Å². The summed E-state index contributed by atoms with van der Waals surface area (Å²) in [7, 11) is 0. The molecule has 0 bridgehead atoms. The van der Waals surface area contributed by atoms with Crippen molar-refractivity contribution in [1.29, 1.82) is 0 Å². The third-order valence-electron chi connectivity index (χ3n) is 3.83. The van der Waals surface area contributed by atoms with Gasteiger partial charge in [-0.25, -0.2) is 0 Å². The number of aryl methyl sites for hydroxylation is 2. The molecule has 0 saturated carbocycles. The van der Waals surface area contributed by atoms with Crippen molar-refractivity contribution in [2.45, 2.75) is 33.2 Å². The summed E-state index contributed by atoms with van der Waals surface area (Å²) in [6, 6.07) is 1.90. The second kappa shape index (κ2) is 5.81. The number of rotatable bonds is 4. The third-order valence-corrected chi connectivity index (χ3v) is 3.83. The molecule has 2 aromatic heterocycles. The van der Waals surface area contributed by atoms with Gasteiger partial charge in [0.2, 0.25) is 5.89 Å². The Labute approximate surface area is 123 Å². The number of nitrogens with zero attached hydrogens (tertiary/aromatic N) is 3. The maximum atomic E-state index is 10.9. The van der Waals surface area contributed by atoms with E-state index in [-0.39, 0.29) is 5.92 Å². The highest BCUT2D eigenvalue weighted by Gasteiger charge is 2.22. The Bertz CT molecular complexity index is 632. The van der Waals surface area contributed by atoms with Crippen LogP contribution in [0.4, 0.5) is 0 Å². The van der Waals surface area contributed by atoms with Crippen LogP contribution in [0.2, 0.25) is 0 Å². The molecule has 0 aromatic carbocycles. The van der Waals surface area contributed by atoms with E-state index in [9.17, 15) is 4.79 Å². The van der Waals surface area contributed by atoms with Gasteiger partial charge in [-0.05, 0) is 39.3 Å². The van der Waals surface area contributed by atoms with Crippen molar-refractivity contribution in [2.24, 2.45) is 5.92 Å². The van der Waals surface area contributed by atoms with E-state index >= 15 is 0 Å². The molecule has 2 aromatic rings. The molecule has 0 spiro atoms. The first-order valence-electron chi connectivity index (χ1n) is 7.23. The molecule has 6 nitrogen and oxygen atoms in total. The zero-order valence-electron chi connectivity index (χ0n) is 12.3. The lowest BCUT2D eigenvalue weighted by molar-refractivity contribution is -0.112. The molecular formula is C15H19N3O3. The minimum absolute atomic E-state index is 0.125. The third kappa shape index (κ3) is 3.05. The Balaban J connectivity index is 1.70. The molecule has 3 rings (SSSR count). The highest BCUT2D eigenvalue weighted by atomic mass is 16.4. The van der Waals surface area contributed by atoms with Crippen LogP contribution in [0.1, 0.15) is 30.3 Å². The van der Waals surface area contributed by atoms with Crippen LogP contribution in [0.3, 0.4) is 0 Å². The summed E-state index contributed by atoms with van der Waals surface area (Å²) in [5.41, 5.74) is 0.843. The van der Waals surface area contributed by atoms with Crippen molar-refractivity contribution in [2.75, 3.05) is 13.1 Å². The van der Waals surface area contributed by atoms with Gasteiger partial charge in [-0.1, -0.05) is 0 Å². The van der Waals surface area contributed by atoms with Crippen LogP contribution in [0.5, 0.6) is 0 Å². The van der Waals surface area contributed by atoms with Crippen LogP contribution in [0.25, 0.3) is 11.5 Å². The van der Waals surface area contributed by atoms with E-state index in [0.29, 0.717) is 18.3 Å². The Hall–Kier alpha value is -1.95. The number of hydrogen-bond donors (Lipinski definition) is 0. The molecule has 21 heavy (non-hydrogen) atoms. The Morgan fingerprint density at radius 1 is 1.38 bits per heavy atom. The van der Waals surface area contributed by atoms with Crippen LogP contribution in [0, 0.1) is 19.8 Å². The summed E-state index contributed by atoms with van der Waals surface area (Å²) in [5, 5.41) is 8.19. The van der Waals surface area contributed by atoms with Crippen LogP contribution in [-0.2, 0) is 11.3 Å². The monoisotopic (exact) mass is 289 g/mol. The van der Waals surface area contributed by atoms with E-state index in [1.165, 1.54) is 0 Å². The zero-order valence-corrected chi connectivity index (χ0v) is 12.3. The maximum Gasteiger partial charge on any atom is 0.251 e. The van der Waals surface area contributed by atoms with Gasteiger partial charge in [0, 0.05) is 12.5 Å². The smallest absolute Gasteiger partial charge is 0.251 e. The van der Waals surface area contributed by atoms with Gasteiger partial charge in [0.25, 0.3) is 5.89 Å². The lowest BCUT2D eigenvalue weighted by atomic mass is 10.00. The van der Waals surface area contributed by atoms with Crippen molar-refractivity contribution >= 4 is 6.29 Å². The lowest BCUT2D eigenvalue weighted by Crippen LogP contribution is -2.35. The molecule has 0 aliphatic carbocycles. The van der Waals surface area contributed by atoms with Crippen LogP contribution >= 0.6 is 0 Å². The fourth-order valence-corrected chi connectivity index (χ4v) is 2.81. The average molecular weight is 289 g/mol. The van der Waals surface area contributed by atoms with Gasteiger partial charge in [0.1, 0.15) is 17.8 Å². The average Bonchev–Trinajstić information content (AvgIpc) is 3.05. The molecule has 0 amide bonds. The highest BCUT2D eigenvalue weighted by Crippen LogP contribution is 2.26.